The van der Waals surface area contributed by atoms with Crippen LogP contribution in [-0.2, 0) is 4.79 Å². The highest BCUT2D eigenvalue weighted by atomic mass is 16.2. The van der Waals surface area contributed by atoms with Gasteiger partial charge in [-0.2, -0.15) is 0 Å². The number of aryl methyl sites for hydroxylation is 2. The number of hydrogen-bond donors (Lipinski definition) is 2. The highest BCUT2D eigenvalue weighted by Crippen LogP contribution is 2.24. The molecule has 2 rings (SSSR count). The van der Waals surface area contributed by atoms with Crippen molar-refractivity contribution in [3.8, 4) is 0 Å². The van der Waals surface area contributed by atoms with E-state index in [1.165, 1.54) is 0 Å². The number of anilines is 2. The third-order valence-electron chi connectivity index (χ3n) is 4.10. The summed E-state index contributed by atoms with van der Waals surface area (Å²) in [7, 11) is 0. The number of carbonyl (C=O) groups excluding carboxylic acids is 2. The second-order valence-corrected chi connectivity index (χ2v) is 6.17. The minimum absolute atomic E-state index is 0.0314. The van der Waals surface area contributed by atoms with Crippen LogP contribution in [0.1, 0.15) is 47.8 Å². The number of hydrogen-bond acceptors (Lipinski definition) is 4. The summed E-state index contributed by atoms with van der Waals surface area (Å²) in [6, 6.07) is 7.06. The molecule has 1 aromatic carbocycles. The second-order valence-electron chi connectivity index (χ2n) is 6.17. The van der Waals surface area contributed by atoms with Crippen molar-refractivity contribution in [1.82, 2.24) is 9.97 Å². The summed E-state index contributed by atoms with van der Waals surface area (Å²) >= 11 is 0. The molecule has 2 amide bonds. The number of nitrogens with zero attached hydrogens (tertiary/aromatic N) is 2. The van der Waals surface area contributed by atoms with Gasteiger partial charge in [0.05, 0.1) is 0 Å². The molecule has 2 N–H and O–H groups in total. The van der Waals surface area contributed by atoms with Gasteiger partial charge in [0.25, 0.3) is 5.91 Å². The third-order valence-corrected chi connectivity index (χ3v) is 4.10. The lowest BCUT2D eigenvalue weighted by atomic mass is 10.1. The minimum atomic E-state index is -0.304. The molecule has 1 heterocycles. The van der Waals surface area contributed by atoms with Gasteiger partial charge in [-0.05, 0) is 51.0 Å². The van der Waals surface area contributed by atoms with Crippen molar-refractivity contribution in [2.24, 2.45) is 5.92 Å². The van der Waals surface area contributed by atoms with E-state index >= 15 is 0 Å². The molecule has 6 nitrogen and oxygen atoms in total. The van der Waals surface area contributed by atoms with Crippen LogP contribution in [0.25, 0.3) is 0 Å². The fraction of sp³-hybridized carbons (Fsp3) is 0.368. The fourth-order valence-corrected chi connectivity index (χ4v) is 2.37. The third kappa shape index (κ3) is 4.62. The maximum atomic E-state index is 12.5. The van der Waals surface area contributed by atoms with Crippen molar-refractivity contribution in [3.05, 3.63) is 47.0 Å². The number of benzene rings is 1. The van der Waals surface area contributed by atoms with Crippen LogP contribution in [0.4, 0.5) is 11.4 Å². The first-order valence-electron chi connectivity index (χ1n) is 8.36. The molecule has 0 aliphatic carbocycles. The molecule has 0 spiro atoms. The topological polar surface area (TPSA) is 84.0 Å². The standard InChI is InChI=1S/C19H24N4O2/c1-6-11(2)18(24)22-15-8-7-9-16(13(15)4)23-19(25)17-10-12(3)20-14(5)21-17/h7-11H,6H2,1-5H3,(H,22,24)(H,23,25). The SMILES string of the molecule is CCC(C)C(=O)Nc1cccc(NC(=O)c2cc(C)nc(C)n2)c1C. The largest absolute Gasteiger partial charge is 0.326 e. The van der Waals surface area contributed by atoms with E-state index < -0.39 is 0 Å². The Kier molecular flexibility index (Phi) is 5.85. The van der Waals surface area contributed by atoms with Crippen LogP contribution in [0.2, 0.25) is 0 Å². The van der Waals surface area contributed by atoms with Crippen molar-refractivity contribution in [3.63, 3.8) is 0 Å². The van der Waals surface area contributed by atoms with Crippen LogP contribution in [-0.4, -0.2) is 21.8 Å². The number of amides is 2. The van der Waals surface area contributed by atoms with Gasteiger partial charge in [0.1, 0.15) is 11.5 Å². The molecule has 0 saturated carbocycles. The van der Waals surface area contributed by atoms with Gasteiger partial charge < -0.3 is 10.6 Å². The van der Waals surface area contributed by atoms with Crippen LogP contribution in [0.3, 0.4) is 0 Å². The number of rotatable bonds is 5. The summed E-state index contributed by atoms with van der Waals surface area (Å²) in [4.78, 5) is 32.9. The van der Waals surface area contributed by atoms with Gasteiger partial charge in [0.2, 0.25) is 5.91 Å². The molecule has 0 radical (unpaired) electrons. The Morgan fingerprint density at radius 3 is 2.32 bits per heavy atom. The average molecular weight is 340 g/mol. The molecule has 0 bridgehead atoms. The monoisotopic (exact) mass is 340 g/mol. The molecule has 1 unspecified atom stereocenters. The molecule has 0 aliphatic heterocycles. The van der Waals surface area contributed by atoms with Crippen LogP contribution in [0.15, 0.2) is 24.3 Å². The van der Waals surface area contributed by atoms with Crippen LogP contribution < -0.4 is 10.6 Å². The number of carbonyl (C=O) groups is 2. The number of aromatic nitrogens is 2. The lowest BCUT2D eigenvalue weighted by molar-refractivity contribution is -0.119. The first-order valence-corrected chi connectivity index (χ1v) is 8.36. The zero-order chi connectivity index (χ0) is 18.6. The maximum absolute atomic E-state index is 12.5. The normalized spacial score (nSPS) is 11.7. The predicted molar refractivity (Wildman–Crippen MR) is 98.7 cm³/mol. The summed E-state index contributed by atoms with van der Waals surface area (Å²) in [5.74, 6) is 0.152. The zero-order valence-corrected chi connectivity index (χ0v) is 15.3. The molecule has 1 atom stereocenters. The first-order chi connectivity index (χ1) is 11.8. The van der Waals surface area contributed by atoms with E-state index in [4.69, 9.17) is 0 Å². The van der Waals surface area contributed by atoms with Crippen LogP contribution in [0.5, 0.6) is 0 Å². The van der Waals surface area contributed by atoms with E-state index in [1.807, 2.05) is 33.8 Å². The van der Waals surface area contributed by atoms with Crippen molar-refractivity contribution in [2.75, 3.05) is 10.6 Å². The predicted octanol–water partition coefficient (Wildman–Crippen LogP) is 3.64. The molecule has 25 heavy (non-hydrogen) atoms. The van der Waals surface area contributed by atoms with E-state index in [0.717, 1.165) is 17.7 Å². The van der Waals surface area contributed by atoms with Crippen LogP contribution >= 0.6 is 0 Å². The molecule has 1 aromatic heterocycles. The van der Waals surface area contributed by atoms with E-state index in [2.05, 4.69) is 20.6 Å². The molecule has 2 aromatic rings. The average Bonchev–Trinajstić information content (AvgIpc) is 2.56. The summed E-state index contributed by atoms with van der Waals surface area (Å²) in [6.07, 6.45) is 0.772. The fourth-order valence-electron chi connectivity index (χ4n) is 2.37. The lowest BCUT2D eigenvalue weighted by Crippen LogP contribution is -2.21. The van der Waals surface area contributed by atoms with Gasteiger partial charge >= 0.3 is 0 Å². The molecule has 132 valence electrons. The Balaban J connectivity index is 2.21. The van der Waals surface area contributed by atoms with Gasteiger partial charge in [0, 0.05) is 23.0 Å². The van der Waals surface area contributed by atoms with E-state index in [9.17, 15) is 9.59 Å². The number of nitrogens with one attached hydrogen (secondary N) is 2. The Hall–Kier alpha value is -2.76. The summed E-state index contributed by atoms with van der Waals surface area (Å²) in [6.45, 7) is 9.29. The van der Waals surface area contributed by atoms with Gasteiger partial charge in [0.15, 0.2) is 0 Å². The lowest BCUT2D eigenvalue weighted by Gasteiger charge is -2.15. The van der Waals surface area contributed by atoms with Gasteiger partial charge in [-0.3, -0.25) is 9.59 Å². The summed E-state index contributed by atoms with van der Waals surface area (Å²) in [5.41, 5.74) is 3.19. The molecular formula is C19H24N4O2. The van der Waals surface area contributed by atoms with Crippen molar-refractivity contribution in [1.29, 1.82) is 0 Å². The van der Waals surface area contributed by atoms with Crippen LogP contribution in [0, 0.1) is 26.7 Å². The van der Waals surface area contributed by atoms with Crippen molar-refractivity contribution >= 4 is 23.2 Å². The minimum Gasteiger partial charge on any atom is -0.326 e. The molecule has 0 saturated heterocycles. The smallest absolute Gasteiger partial charge is 0.274 e. The maximum Gasteiger partial charge on any atom is 0.274 e. The van der Waals surface area contributed by atoms with E-state index in [-0.39, 0.29) is 17.7 Å². The van der Waals surface area contributed by atoms with Gasteiger partial charge in [-0.1, -0.05) is 19.9 Å². The molecule has 6 heteroatoms. The Morgan fingerprint density at radius 2 is 1.72 bits per heavy atom. The van der Waals surface area contributed by atoms with E-state index in [0.29, 0.717) is 22.9 Å². The first kappa shape index (κ1) is 18.6. The quantitative estimate of drug-likeness (QED) is 0.870. The second kappa shape index (κ2) is 7.88. The molecule has 0 fully saturated rings. The summed E-state index contributed by atoms with van der Waals surface area (Å²) in [5, 5.41) is 5.77. The van der Waals surface area contributed by atoms with Crippen molar-refractivity contribution < 1.29 is 9.59 Å². The highest BCUT2D eigenvalue weighted by Gasteiger charge is 2.15. The van der Waals surface area contributed by atoms with Gasteiger partial charge in [-0.15, -0.1) is 0 Å². The zero-order valence-electron chi connectivity index (χ0n) is 15.3. The summed E-state index contributed by atoms with van der Waals surface area (Å²) < 4.78 is 0. The Bertz CT molecular complexity index is 782. The Labute approximate surface area is 148 Å². The Morgan fingerprint density at radius 1 is 1.08 bits per heavy atom. The highest BCUT2D eigenvalue weighted by molar-refractivity contribution is 6.04. The van der Waals surface area contributed by atoms with Gasteiger partial charge in [-0.25, -0.2) is 9.97 Å². The molecular weight excluding hydrogens is 316 g/mol. The van der Waals surface area contributed by atoms with E-state index in [1.54, 1.807) is 25.1 Å². The van der Waals surface area contributed by atoms with Crippen molar-refractivity contribution in [2.45, 2.75) is 41.0 Å². The molecule has 0 aliphatic rings.